The molecule has 3 aromatic rings. The maximum atomic E-state index is 16.2. The second-order valence-corrected chi connectivity index (χ2v) is 18.3. The van der Waals surface area contributed by atoms with Crippen LogP contribution in [0.5, 0.6) is 0 Å². The quantitative estimate of drug-likeness (QED) is 0.257. The predicted octanol–water partition coefficient (Wildman–Crippen LogP) is 8.66. The number of aliphatic hydroxyl groups is 1. The van der Waals surface area contributed by atoms with Gasteiger partial charge in [0.2, 0.25) is 0 Å². The van der Waals surface area contributed by atoms with Crippen LogP contribution in [-0.4, -0.2) is 45.3 Å². The van der Waals surface area contributed by atoms with Gasteiger partial charge in [-0.3, -0.25) is 14.5 Å². The number of nitrogens with zero attached hydrogens (tertiary/aromatic N) is 1. The highest BCUT2D eigenvalue weighted by molar-refractivity contribution is 9.10. The van der Waals surface area contributed by atoms with Gasteiger partial charge in [-0.25, -0.2) is 0 Å². The molecule has 5 fully saturated rings. The molecular formula is C41H42BrNO3S. The third-order valence-corrected chi connectivity index (χ3v) is 16.5. The third kappa shape index (κ3) is 3.36. The molecule has 2 saturated heterocycles. The van der Waals surface area contributed by atoms with Gasteiger partial charge in [0.1, 0.15) is 11.3 Å². The zero-order valence-electron chi connectivity index (χ0n) is 27.2. The minimum atomic E-state index is -1.01. The molecule has 3 aromatic carbocycles. The van der Waals surface area contributed by atoms with Crippen molar-refractivity contribution in [2.75, 3.05) is 11.6 Å². The Morgan fingerprint density at radius 1 is 0.936 bits per heavy atom. The van der Waals surface area contributed by atoms with Gasteiger partial charge in [-0.2, -0.15) is 0 Å². The molecule has 7 aliphatic rings. The summed E-state index contributed by atoms with van der Waals surface area (Å²) in [6, 6.07) is 21.5. The van der Waals surface area contributed by atoms with Crippen molar-refractivity contribution in [1.82, 2.24) is 4.90 Å². The van der Waals surface area contributed by atoms with Crippen LogP contribution in [0.4, 0.5) is 0 Å². The molecule has 3 saturated carbocycles. The average molecular weight is 709 g/mol. The van der Waals surface area contributed by atoms with Gasteiger partial charge in [-0.15, -0.1) is 11.8 Å². The van der Waals surface area contributed by atoms with Crippen LogP contribution in [-0.2, 0) is 10.3 Å². The molecule has 5 aliphatic carbocycles. The Labute approximate surface area is 289 Å². The van der Waals surface area contributed by atoms with Gasteiger partial charge in [0.25, 0.3) is 0 Å². The summed E-state index contributed by atoms with van der Waals surface area (Å²) in [5.74, 6) is 3.27. The average Bonchev–Trinajstić information content (AvgIpc) is 3.77. The Bertz CT molecular complexity index is 1920. The highest BCUT2D eigenvalue weighted by Gasteiger charge is 2.82. The number of ketones is 2. The number of hydrogen-bond acceptors (Lipinski definition) is 5. The number of carbonyl (C=O) groups excluding carboxylic acids is 2. The Hall–Kier alpha value is -2.25. The second kappa shape index (κ2) is 9.71. The molecule has 10 rings (SSSR count). The van der Waals surface area contributed by atoms with Crippen molar-refractivity contribution in [3.05, 3.63) is 93.5 Å². The fraction of sp³-hybridized carbons (Fsp3) is 0.512. The Kier molecular flexibility index (Phi) is 6.12. The molecule has 4 nitrogen and oxygen atoms in total. The Morgan fingerprint density at radius 3 is 2.51 bits per heavy atom. The normalized spacial score (nSPS) is 43.4. The number of benzene rings is 3. The molecule has 0 bridgehead atoms. The molecule has 0 radical (unpaired) electrons. The lowest BCUT2D eigenvalue weighted by molar-refractivity contribution is -0.141. The van der Waals surface area contributed by atoms with Crippen LogP contribution in [0.1, 0.15) is 86.2 Å². The van der Waals surface area contributed by atoms with E-state index in [1.165, 1.54) is 11.1 Å². The van der Waals surface area contributed by atoms with Gasteiger partial charge in [-0.1, -0.05) is 90.0 Å². The fourth-order valence-corrected chi connectivity index (χ4v) is 14.7. The summed E-state index contributed by atoms with van der Waals surface area (Å²) in [6.07, 6.45) is 8.60. The summed E-state index contributed by atoms with van der Waals surface area (Å²) in [6.45, 7) is 4.76. The van der Waals surface area contributed by atoms with E-state index in [9.17, 15) is 5.11 Å². The molecule has 47 heavy (non-hydrogen) atoms. The SMILES string of the molecule is C[C@]12CC[C@H](O)CC1=CC[C@@H]1[C@@H]2CC[C@]2(C)C(=O)C3(C[C@@H]12)C(c1ccc(Br)cc1)[C@@H]1CSCN1C31C(=O)c2cccc3cccc1c23. The lowest BCUT2D eigenvalue weighted by atomic mass is 9.48. The Morgan fingerprint density at radius 2 is 1.70 bits per heavy atom. The van der Waals surface area contributed by atoms with Crippen LogP contribution in [0.2, 0.25) is 0 Å². The van der Waals surface area contributed by atoms with E-state index in [0.717, 1.165) is 82.9 Å². The molecule has 10 atom stereocenters. The lowest BCUT2D eigenvalue weighted by Gasteiger charge is -2.56. The van der Waals surface area contributed by atoms with Crippen LogP contribution in [0.15, 0.2) is 76.8 Å². The number of aliphatic hydroxyl groups excluding tert-OH is 1. The standard InChI is InChI=1S/C41H42BrNO3S/c1-38-17-15-27(44)19-25(38)11-14-28-30(38)16-18-39(2)32(28)20-40(37(39)46)35(24-9-12-26(42)13-10-24)33-21-47-22-43(33)41(40)31-8-4-6-23-5-3-7-29(34(23)31)36(41)45/h3-13,27-28,30,32-33,35,44H,14-22H2,1-2H3/t27-,28+,30-,32-,33-,35?,38-,39-,40?,41?/m0/s1. The number of fused-ring (bicyclic) bond motifs is 9. The second-order valence-electron chi connectivity index (χ2n) is 16.4. The monoisotopic (exact) mass is 707 g/mol. The van der Waals surface area contributed by atoms with Crippen molar-refractivity contribution < 1.29 is 14.7 Å². The number of thioether (sulfide) groups is 1. The largest absolute Gasteiger partial charge is 0.393 e. The molecule has 1 N–H and O–H groups in total. The van der Waals surface area contributed by atoms with Gasteiger partial charge in [0.15, 0.2) is 5.78 Å². The van der Waals surface area contributed by atoms with Crippen molar-refractivity contribution in [2.45, 2.75) is 82.4 Å². The van der Waals surface area contributed by atoms with Crippen molar-refractivity contribution in [1.29, 1.82) is 0 Å². The van der Waals surface area contributed by atoms with Crippen LogP contribution < -0.4 is 0 Å². The maximum Gasteiger partial charge on any atom is 0.189 e. The number of Topliss-reactive ketones (excluding diaryl/α,β-unsaturated/α-hetero) is 2. The van der Waals surface area contributed by atoms with Crippen molar-refractivity contribution in [3.63, 3.8) is 0 Å². The van der Waals surface area contributed by atoms with Gasteiger partial charge >= 0.3 is 0 Å². The molecular weight excluding hydrogens is 666 g/mol. The van der Waals surface area contributed by atoms with Crippen LogP contribution in [0.25, 0.3) is 10.8 Å². The number of rotatable bonds is 1. The molecule has 0 amide bonds. The zero-order chi connectivity index (χ0) is 32.1. The molecule has 2 heterocycles. The van der Waals surface area contributed by atoms with Crippen molar-refractivity contribution in [2.24, 2.45) is 34.0 Å². The lowest BCUT2D eigenvalue weighted by Crippen LogP contribution is -2.58. The van der Waals surface area contributed by atoms with Crippen LogP contribution >= 0.6 is 27.7 Å². The highest BCUT2D eigenvalue weighted by Crippen LogP contribution is 2.77. The summed E-state index contributed by atoms with van der Waals surface area (Å²) in [7, 11) is 0. The number of carbonyl (C=O) groups is 2. The third-order valence-electron chi connectivity index (χ3n) is 14.9. The molecule has 2 aliphatic heterocycles. The fourth-order valence-electron chi connectivity index (χ4n) is 13.1. The Balaban J connectivity index is 1.23. The van der Waals surface area contributed by atoms with E-state index in [4.69, 9.17) is 0 Å². The van der Waals surface area contributed by atoms with Gasteiger partial charge in [-0.05, 0) is 102 Å². The molecule has 6 heteroatoms. The molecule has 0 aromatic heterocycles. The predicted molar refractivity (Wildman–Crippen MR) is 190 cm³/mol. The summed E-state index contributed by atoms with van der Waals surface area (Å²) in [5, 5.41) is 12.8. The zero-order valence-corrected chi connectivity index (χ0v) is 29.6. The van der Waals surface area contributed by atoms with E-state index in [-0.39, 0.29) is 35.2 Å². The minimum absolute atomic E-state index is 0.0670. The number of allylic oxidation sites excluding steroid dienone is 1. The van der Waals surface area contributed by atoms with Crippen LogP contribution in [0.3, 0.4) is 0 Å². The van der Waals surface area contributed by atoms with Gasteiger partial charge in [0.05, 0.1) is 11.5 Å². The molecule has 242 valence electrons. The van der Waals surface area contributed by atoms with E-state index in [2.05, 4.69) is 89.3 Å². The molecule has 2 spiro atoms. The van der Waals surface area contributed by atoms with E-state index in [1.54, 1.807) is 0 Å². The van der Waals surface area contributed by atoms with Crippen molar-refractivity contribution >= 4 is 50.0 Å². The van der Waals surface area contributed by atoms with E-state index >= 15 is 9.59 Å². The van der Waals surface area contributed by atoms with Gasteiger partial charge in [0, 0.05) is 39.0 Å². The summed E-state index contributed by atoms with van der Waals surface area (Å²) >= 11 is 5.60. The first-order valence-corrected chi connectivity index (χ1v) is 19.7. The van der Waals surface area contributed by atoms with Gasteiger partial charge < -0.3 is 5.11 Å². The number of halogens is 1. The van der Waals surface area contributed by atoms with E-state index in [0.29, 0.717) is 17.6 Å². The first kappa shape index (κ1) is 29.6. The first-order chi connectivity index (χ1) is 22.7. The smallest absolute Gasteiger partial charge is 0.189 e. The minimum Gasteiger partial charge on any atom is -0.393 e. The van der Waals surface area contributed by atoms with E-state index in [1.807, 2.05) is 23.9 Å². The molecule has 3 unspecified atom stereocenters. The summed E-state index contributed by atoms with van der Waals surface area (Å²) in [5.41, 5.74) is 2.27. The number of hydrogen-bond donors (Lipinski definition) is 1. The first-order valence-electron chi connectivity index (χ1n) is 17.8. The summed E-state index contributed by atoms with van der Waals surface area (Å²) in [4.78, 5) is 34.3. The van der Waals surface area contributed by atoms with Crippen molar-refractivity contribution in [3.8, 4) is 0 Å². The summed E-state index contributed by atoms with van der Waals surface area (Å²) < 4.78 is 1.03. The maximum absolute atomic E-state index is 16.2. The van der Waals surface area contributed by atoms with E-state index < -0.39 is 16.4 Å². The highest BCUT2D eigenvalue weighted by atomic mass is 79.9. The van der Waals surface area contributed by atoms with Crippen LogP contribution in [0, 0.1) is 34.0 Å². The topological polar surface area (TPSA) is 57.6 Å².